The Hall–Kier alpha value is -1.91. The van der Waals surface area contributed by atoms with Gasteiger partial charge in [0, 0.05) is 24.3 Å². The fourth-order valence-corrected chi connectivity index (χ4v) is 2.74. The Balaban J connectivity index is 2.40. The van der Waals surface area contributed by atoms with Crippen LogP contribution in [0, 0.1) is 10.1 Å². The number of nitro groups is 1. The van der Waals surface area contributed by atoms with E-state index in [1.165, 1.54) is 13.0 Å². The Morgan fingerprint density at radius 1 is 1.53 bits per heavy atom. The van der Waals surface area contributed by atoms with Gasteiger partial charge in [-0.05, 0) is 38.3 Å². The molecule has 19 heavy (non-hydrogen) atoms. The van der Waals surface area contributed by atoms with E-state index in [0.717, 1.165) is 31.5 Å². The summed E-state index contributed by atoms with van der Waals surface area (Å²) in [6, 6.07) is 5.32. The molecule has 1 unspecified atom stereocenters. The van der Waals surface area contributed by atoms with Crippen molar-refractivity contribution in [1.82, 2.24) is 0 Å². The molecule has 1 aliphatic rings. The van der Waals surface area contributed by atoms with Crippen molar-refractivity contribution in [2.24, 2.45) is 0 Å². The lowest BCUT2D eigenvalue weighted by atomic mass is 10.1. The van der Waals surface area contributed by atoms with Crippen LogP contribution < -0.4 is 4.90 Å². The van der Waals surface area contributed by atoms with Crippen molar-refractivity contribution in [3.63, 3.8) is 0 Å². The zero-order valence-electron chi connectivity index (χ0n) is 11.3. The largest absolute Gasteiger partial charge is 0.369 e. The number of benzene rings is 1. The molecule has 0 amide bonds. The first kappa shape index (κ1) is 13.5. The normalized spacial score (nSPS) is 18.6. The van der Waals surface area contributed by atoms with Gasteiger partial charge in [0.15, 0.2) is 5.78 Å². The summed E-state index contributed by atoms with van der Waals surface area (Å²) in [6.45, 7) is 4.46. The molecule has 0 spiro atoms. The third-order valence-corrected chi connectivity index (χ3v) is 3.74. The lowest BCUT2D eigenvalue weighted by molar-refractivity contribution is -0.385. The highest BCUT2D eigenvalue weighted by Gasteiger charge is 2.25. The minimum absolute atomic E-state index is 0.108. The van der Waals surface area contributed by atoms with E-state index in [9.17, 15) is 14.9 Å². The first-order valence-electron chi connectivity index (χ1n) is 6.60. The molecule has 5 heteroatoms. The number of Topliss-reactive ketones (excluding diaryl/α,β-unsaturated/α-hetero) is 1. The number of hydrogen-bond acceptors (Lipinski definition) is 4. The first-order valence-corrected chi connectivity index (χ1v) is 6.60. The van der Waals surface area contributed by atoms with Gasteiger partial charge in [-0.2, -0.15) is 0 Å². The summed E-state index contributed by atoms with van der Waals surface area (Å²) in [4.78, 5) is 24.2. The van der Waals surface area contributed by atoms with Gasteiger partial charge in [0.05, 0.1) is 10.5 Å². The Morgan fingerprint density at radius 2 is 2.26 bits per heavy atom. The Bertz CT molecular complexity index is 513. The van der Waals surface area contributed by atoms with E-state index in [4.69, 9.17) is 0 Å². The zero-order chi connectivity index (χ0) is 14.0. The number of nitrogens with zero attached hydrogens (tertiary/aromatic N) is 2. The predicted molar refractivity (Wildman–Crippen MR) is 73.8 cm³/mol. The first-order chi connectivity index (χ1) is 9.04. The molecule has 1 aromatic rings. The Labute approximate surface area is 112 Å². The molecule has 0 N–H and O–H groups in total. The van der Waals surface area contributed by atoms with E-state index >= 15 is 0 Å². The van der Waals surface area contributed by atoms with Crippen LogP contribution >= 0.6 is 0 Å². The van der Waals surface area contributed by atoms with Crippen molar-refractivity contribution in [1.29, 1.82) is 0 Å². The van der Waals surface area contributed by atoms with Crippen LogP contribution in [0.3, 0.4) is 0 Å². The summed E-state index contributed by atoms with van der Waals surface area (Å²) in [7, 11) is 0. The smallest absolute Gasteiger partial charge is 0.280 e. The van der Waals surface area contributed by atoms with Crippen molar-refractivity contribution in [2.75, 3.05) is 11.4 Å². The fourth-order valence-electron chi connectivity index (χ4n) is 2.74. The number of nitro benzene ring substituents is 1. The number of hydrogen-bond donors (Lipinski definition) is 0. The molecule has 0 radical (unpaired) electrons. The highest BCUT2D eigenvalue weighted by molar-refractivity contribution is 5.99. The third-order valence-electron chi connectivity index (χ3n) is 3.74. The summed E-state index contributed by atoms with van der Waals surface area (Å²) >= 11 is 0. The summed E-state index contributed by atoms with van der Waals surface area (Å²) in [5.74, 6) is -0.263. The van der Waals surface area contributed by atoms with Crippen molar-refractivity contribution in [3.05, 3.63) is 33.9 Å². The molecular formula is C14H18N2O3. The summed E-state index contributed by atoms with van der Waals surface area (Å²) in [6.07, 6.45) is 3.32. The second kappa shape index (κ2) is 5.38. The van der Waals surface area contributed by atoms with Crippen LogP contribution in [0.2, 0.25) is 0 Å². The average Bonchev–Trinajstić information content (AvgIpc) is 2.86. The van der Waals surface area contributed by atoms with Gasteiger partial charge >= 0.3 is 0 Å². The standard InChI is InChI=1S/C14H18N2O3/c1-3-11-5-4-8-15(11)12-6-7-14(16(18)19)13(9-12)10(2)17/h6-7,9,11H,3-5,8H2,1-2H3. The molecule has 1 saturated heterocycles. The van der Waals surface area contributed by atoms with Crippen LogP contribution in [0.15, 0.2) is 18.2 Å². The Morgan fingerprint density at radius 3 is 2.84 bits per heavy atom. The lowest BCUT2D eigenvalue weighted by Gasteiger charge is -2.26. The predicted octanol–water partition coefficient (Wildman–Crippen LogP) is 3.18. The maximum Gasteiger partial charge on any atom is 0.280 e. The second-order valence-corrected chi connectivity index (χ2v) is 4.91. The quantitative estimate of drug-likeness (QED) is 0.475. The van der Waals surface area contributed by atoms with Crippen molar-refractivity contribution in [3.8, 4) is 0 Å². The molecule has 0 bridgehead atoms. The maximum absolute atomic E-state index is 11.6. The number of anilines is 1. The van der Waals surface area contributed by atoms with E-state index < -0.39 is 4.92 Å². The van der Waals surface area contributed by atoms with E-state index in [0.29, 0.717) is 6.04 Å². The number of carbonyl (C=O) groups is 1. The van der Waals surface area contributed by atoms with Crippen molar-refractivity contribution in [2.45, 2.75) is 39.2 Å². The molecule has 0 aromatic heterocycles. The van der Waals surface area contributed by atoms with Gasteiger partial charge < -0.3 is 4.90 Å². The molecular weight excluding hydrogens is 244 g/mol. The highest BCUT2D eigenvalue weighted by Crippen LogP contribution is 2.31. The van der Waals surface area contributed by atoms with Gasteiger partial charge in [-0.3, -0.25) is 14.9 Å². The van der Waals surface area contributed by atoms with E-state index in [-0.39, 0.29) is 17.0 Å². The molecule has 1 heterocycles. The molecule has 2 rings (SSSR count). The van der Waals surface area contributed by atoms with Crippen LogP contribution in [0.1, 0.15) is 43.5 Å². The maximum atomic E-state index is 11.6. The van der Waals surface area contributed by atoms with Gasteiger partial charge in [0.2, 0.25) is 0 Å². The van der Waals surface area contributed by atoms with E-state index in [2.05, 4.69) is 11.8 Å². The summed E-state index contributed by atoms with van der Waals surface area (Å²) in [5.41, 5.74) is 1.01. The average molecular weight is 262 g/mol. The number of rotatable bonds is 4. The molecule has 5 nitrogen and oxygen atoms in total. The number of ketones is 1. The molecule has 1 aliphatic heterocycles. The van der Waals surface area contributed by atoms with Crippen LogP contribution in [0.5, 0.6) is 0 Å². The van der Waals surface area contributed by atoms with Crippen LogP contribution in [0.4, 0.5) is 11.4 Å². The van der Waals surface area contributed by atoms with Gasteiger partial charge in [0.1, 0.15) is 0 Å². The molecule has 102 valence electrons. The van der Waals surface area contributed by atoms with Gasteiger partial charge in [-0.15, -0.1) is 0 Å². The highest BCUT2D eigenvalue weighted by atomic mass is 16.6. The molecule has 1 atom stereocenters. The van der Waals surface area contributed by atoms with Crippen molar-refractivity contribution < 1.29 is 9.72 Å². The fraction of sp³-hybridized carbons (Fsp3) is 0.500. The summed E-state index contributed by atoms with van der Waals surface area (Å²) in [5, 5.41) is 10.9. The minimum atomic E-state index is -0.498. The van der Waals surface area contributed by atoms with Gasteiger partial charge in [-0.1, -0.05) is 6.92 Å². The Kier molecular flexibility index (Phi) is 3.83. The van der Waals surface area contributed by atoms with Gasteiger partial charge in [0.25, 0.3) is 5.69 Å². The molecule has 0 saturated carbocycles. The third kappa shape index (κ3) is 2.59. The monoisotopic (exact) mass is 262 g/mol. The lowest BCUT2D eigenvalue weighted by Crippen LogP contribution is -2.28. The topological polar surface area (TPSA) is 63.4 Å². The van der Waals surface area contributed by atoms with Crippen LogP contribution in [-0.2, 0) is 0 Å². The second-order valence-electron chi connectivity index (χ2n) is 4.91. The van der Waals surface area contributed by atoms with Gasteiger partial charge in [-0.25, -0.2) is 0 Å². The molecule has 0 aliphatic carbocycles. The van der Waals surface area contributed by atoms with Crippen LogP contribution in [-0.4, -0.2) is 23.3 Å². The SMILES string of the molecule is CCC1CCCN1c1ccc([N+](=O)[O-])c(C(C)=O)c1. The van der Waals surface area contributed by atoms with Crippen LogP contribution in [0.25, 0.3) is 0 Å². The van der Waals surface area contributed by atoms with E-state index in [1.54, 1.807) is 12.1 Å². The number of carbonyl (C=O) groups excluding carboxylic acids is 1. The van der Waals surface area contributed by atoms with E-state index in [1.807, 2.05) is 0 Å². The molecule has 1 aromatic carbocycles. The minimum Gasteiger partial charge on any atom is -0.369 e. The summed E-state index contributed by atoms with van der Waals surface area (Å²) < 4.78 is 0. The zero-order valence-corrected chi connectivity index (χ0v) is 11.3. The molecule has 1 fully saturated rings. The van der Waals surface area contributed by atoms with Crippen molar-refractivity contribution >= 4 is 17.2 Å².